The Balaban J connectivity index is 2.53. The maximum Gasteiger partial charge on any atom is 0.193 e. The Labute approximate surface area is 147 Å². The fourth-order valence-corrected chi connectivity index (χ4v) is 2.85. The molecule has 0 atom stereocenters. The van der Waals surface area contributed by atoms with Crippen molar-refractivity contribution in [3.8, 4) is 23.0 Å². The van der Waals surface area contributed by atoms with Crippen LogP contribution in [0.25, 0.3) is 6.08 Å². The van der Waals surface area contributed by atoms with Gasteiger partial charge in [0.1, 0.15) is 28.6 Å². The Morgan fingerprint density at radius 2 is 1.36 bits per heavy atom. The van der Waals surface area contributed by atoms with Gasteiger partial charge in [-0.25, -0.2) is 0 Å². The number of phenolic OH excluding ortho intramolecular Hbond substituents is 1. The fourth-order valence-electron chi connectivity index (χ4n) is 2.85. The monoisotopic (exact) mass is 342 g/mol. The maximum absolute atomic E-state index is 12.8. The Morgan fingerprint density at radius 3 is 1.80 bits per heavy atom. The minimum atomic E-state index is -0.240. The van der Waals surface area contributed by atoms with E-state index in [4.69, 9.17) is 14.2 Å². The Hall–Kier alpha value is -2.95. The zero-order valence-corrected chi connectivity index (χ0v) is 15.0. The second kappa shape index (κ2) is 7.75. The first-order valence-electron chi connectivity index (χ1n) is 7.75. The molecule has 5 heteroatoms. The van der Waals surface area contributed by atoms with Crippen molar-refractivity contribution in [1.29, 1.82) is 0 Å². The van der Waals surface area contributed by atoms with Crippen LogP contribution in [0.15, 0.2) is 30.3 Å². The Morgan fingerprint density at radius 1 is 0.880 bits per heavy atom. The first-order chi connectivity index (χ1) is 11.9. The zero-order valence-electron chi connectivity index (χ0n) is 15.0. The van der Waals surface area contributed by atoms with Gasteiger partial charge < -0.3 is 19.3 Å². The van der Waals surface area contributed by atoms with Crippen LogP contribution in [0.2, 0.25) is 0 Å². The number of carbonyl (C=O) groups excluding carboxylic acids is 1. The lowest BCUT2D eigenvalue weighted by Crippen LogP contribution is -2.08. The third-order valence-electron chi connectivity index (χ3n) is 4.00. The maximum atomic E-state index is 12.8. The minimum absolute atomic E-state index is 0.174. The molecule has 0 unspecified atom stereocenters. The highest BCUT2D eigenvalue weighted by atomic mass is 16.5. The molecule has 2 aromatic rings. The van der Waals surface area contributed by atoms with Crippen LogP contribution in [0.1, 0.15) is 27.0 Å². The second-order valence-electron chi connectivity index (χ2n) is 5.51. The summed E-state index contributed by atoms with van der Waals surface area (Å²) in [7, 11) is 4.59. The van der Waals surface area contributed by atoms with E-state index in [2.05, 4.69) is 0 Å². The molecule has 0 saturated carbocycles. The lowest BCUT2D eigenvalue weighted by Gasteiger charge is -2.19. The lowest BCUT2D eigenvalue weighted by molar-refractivity contribution is 0.104. The van der Waals surface area contributed by atoms with Crippen LogP contribution < -0.4 is 14.2 Å². The van der Waals surface area contributed by atoms with Gasteiger partial charge in [-0.2, -0.15) is 0 Å². The molecule has 0 aromatic heterocycles. The molecule has 0 aliphatic rings. The molecule has 2 rings (SSSR count). The molecule has 0 aliphatic heterocycles. The minimum Gasteiger partial charge on any atom is -0.508 e. The molecule has 0 amide bonds. The van der Waals surface area contributed by atoms with Crippen molar-refractivity contribution in [1.82, 2.24) is 0 Å². The number of methoxy groups -OCH3 is 3. The molecule has 2 aromatic carbocycles. The molecule has 0 heterocycles. The van der Waals surface area contributed by atoms with Crippen LogP contribution in [-0.2, 0) is 0 Å². The SMILES string of the molecule is COc1c(C)c(OC)c(C(=O)C=Cc2ccc(O)cc2)c(OC)c1C. The molecule has 0 saturated heterocycles. The summed E-state index contributed by atoms with van der Waals surface area (Å²) in [5.41, 5.74) is 2.64. The molecule has 1 N–H and O–H groups in total. The van der Waals surface area contributed by atoms with E-state index in [-0.39, 0.29) is 11.5 Å². The third kappa shape index (κ3) is 3.60. The number of aromatic hydroxyl groups is 1. The van der Waals surface area contributed by atoms with Gasteiger partial charge in [-0.15, -0.1) is 0 Å². The van der Waals surface area contributed by atoms with Crippen molar-refractivity contribution in [2.75, 3.05) is 21.3 Å². The third-order valence-corrected chi connectivity index (χ3v) is 4.00. The van der Waals surface area contributed by atoms with E-state index in [1.54, 1.807) is 37.5 Å². The summed E-state index contributed by atoms with van der Waals surface area (Å²) < 4.78 is 16.3. The predicted molar refractivity (Wildman–Crippen MR) is 97.0 cm³/mol. The summed E-state index contributed by atoms with van der Waals surface area (Å²) in [6.07, 6.45) is 3.13. The number of ether oxygens (including phenoxy) is 3. The van der Waals surface area contributed by atoms with E-state index >= 15 is 0 Å². The van der Waals surface area contributed by atoms with Crippen molar-refractivity contribution in [2.45, 2.75) is 13.8 Å². The van der Waals surface area contributed by atoms with Gasteiger partial charge in [-0.3, -0.25) is 4.79 Å². The van der Waals surface area contributed by atoms with Gasteiger partial charge in [0.25, 0.3) is 0 Å². The Kier molecular flexibility index (Phi) is 5.70. The Bertz CT molecular complexity index is 773. The highest BCUT2D eigenvalue weighted by Gasteiger charge is 2.25. The summed E-state index contributed by atoms with van der Waals surface area (Å²) in [4.78, 5) is 12.8. The highest BCUT2D eigenvalue weighted by molar-refractivity contribution is 6.11. The van der Waals surface area contributed by atoms with Crippen molar-refractivity contribution >= 4 is 11.9 Å². The number of rotatable bonds is 6. The molecule has 0 radical (unpaired) electrons. The highest BCUT2D eigenvalue weighted by Crippen LogP contribution is 2.43. The normalized spacial score (nSPS) is 10.8. The van der Waals surface area contributed by atoms with Crippen molar-refractivity contribution in [2.24, 2.45) is 0 Å². The average molecular weight is 342 g/mol. The molecule has 25 heavy (non-hydrogen) atoms. The smallest absolute Gasteiger partial charge is 0.193 e. The van der Waals surface area contributed by atoms with E-state index < -0.39 is 0 Å². The van der Waals surface area contributed by atoms with Crippen molar-refractivity contribution in [3.05, 3.63) is 52.6 Å². The largest absolute Gasteiger partial charge is 0.508 e. The van der Waals surface area contributed by atoms with Crippen LogP contribution in [0.4, 0.5) is 0 Å². The van der Waals surface area contributed by atoms with Gasteiger partial charge >= 0.3 is 0 Å². The van der Waals surface area contributed by atoms with Gasteiger partial charge in [0.05, 0.1) is 21.3 Å². The second-order valence-corrected chi connectivity index (χ2v) is 5.51. The number of carbonyl (C=O) groups is 1. The number of ketones is 1. The molecule has 0 fully saturated rings. The summed E-state index contributed by atoms with van der Waals surface area (Å²) in [6, 6.07) is 6.57. The van der Waals surface area contributed by atoms with E-state index in [1.807, 2.05) is 13.8 Å². The molecule has 0 bridgehead atoms. The van der Waals surface area contributed by atoms with Crippen LogP contribution in [0.5, 0.6) is 23.0 Å². The topological polar surface area (TPSA) is 65.0 Å². The van der Waals surface area contributed by atoms with E-state index in [9.17, 15) is 9.90 Å². The van der Waals surface area contributed by atoms with Gasteiger partial charge in [0, 0.05) is 11.1 Å². The summed E-state index contributed by atoms with van der Waals surface area (Å²) in [5.74, 6) is 1.43. The summed E-state index contributed by atoms with van der Waals surface area (Å²) >= 11 is 0. The predicted octanol–water partition coefficient (Wildman–Crippen LogP) is 3.93. The van der Waals surface area contributed by atoms with Crippen LogP contribution in [0, 0.1) is 13.8 Å². The van der Waals surface area contributed by atoms with Crippen molar-refractivity contribution < 1.29 is 24.1 Å². The zero-order chi connectivity index (χ0) is 18.6. The fraction of sp³-hybridized carbons (Fsp3) is 0.250. The summed E-state index contributed by atoms with van der Waals surface area (Å²) in [5, 5.41) is 9.32. The molecular weight excluding hydrogens is 320 g/mol. The molecule has 0 aliphatic carbocycles. The average Bonchev–Trinajstić information content (AvgIpc) is 2.61. The van der Waals surface area contributed by atoms with Crippen molar-refractivity contribution in [3.63, 3.8) is 0 Å². The lowest BCUT2D eigenvalue weighted by atomic mass is 9.98. The number of hydrogen-bond acceptors (Lipinski definition) is 5. The molecular formula is C20H22O5. The van der Waals surface area contributed by atoms with Crippen LogP contribution in [0.3, 0.4) is 0 Å². The van der Waals surface area contributed by atoms with Gasteiger partial charge in [0.15, 0.2) is 5.78 Å². The molecule has 0 spiro atoms. The standard InChI is InChI=1S/C20H22O5/c1-12-18(23-3)13(2)20(25-5)17(19(12)24-4)16(22)11-8-14-6-9-15(21)10-7-14/h6-11,21H,1-5H3. The number of allylic oxidation sites excluding steroid dienone is 1. The van der Waals surface area contributed by atoms with Gasteiger partial charge in [-0.05, 0) is 37.6 Å². The first kappa shape index (κ1) is 18.4. The van der Waals surface area contributed by atoms with Gasteiger partial charge in [-0.1, -0.05) is 18.2 Å². The van der Waals surface area contributed by atoms with Crippen LogP contribution >= 0.6 is 0 Å². The number of hydrogen-bond donors (Lipinski definition) is 1. The number of benzene rings is 2. The van der Waals surface area contributed by atoms with Gasteiger partial charge in [0.2, 0.25) is 0 Å². The quantitative estimate of drug-likeness (QED) is 0.636. The number of phenols is 1. The van der Waals surface area contributed by atoms with E-state index in [0.29, 0.717) is 22.8 Å². The molecule has 5 nitrogen and oxygen atoms in total. The molecule has 132 valence electrons. The van der Waals surface area contributed by atoms with E-state index in [0.717, 1.165) is 16.7 Å². The first-order valence-corrected chi connectivity index (χ1v) is 7.75. The van der Waals surface area contributed by atoms with Crippen LogP contribution in [-0.4, -0.2) is 32.2 Å². The van der Waals surface area contributed by atoms with E-state index in [1.165, 1.54) is 20.3 Å². The summed E-state index contributed by atoms with van der Waals surface area (Å²) in [6.45, 7) is 3.68.